The zero-order valence-corrected chi connectivity index (χ0v) is 13.6. The lowest BCUT2D eigenvalue weighted by molar-refractivity contribution is 0.0698. The molecule has 0 bridgehead atoms. The van der Waals surface area contributed by atoms with Crippen LogP contribution in [-0.2, 0) is 10.0 Å². The van der Waals surface area contributed by atoms with E-state index in [-0.39, 0.29) is 16.1 Å². The third kappa shape index (κ3) is 3.02. The van der Waals surface area contributed by atoms with E-state index in [9.17, 15) is 13.2 Å². The first-order chi connectivity index (χ1) is 9.31. The molecule has 2 rings (SSSR count). The van der Waals surface area contributed by atoms with E-state index < -0.39 is 16.0 Å². The number of carboxylic acid groups (broad SMARTS) is 1. The molecular formula is C10H7Br2N3O4S. The summed E-state index contributed by atoms with van der Waals surface area (Å²) in [6, 6.07) is 2.85. The van der Waals surface area contributed by atoms with Crippen LogP contribution in [0.3, 0.4) is 0 Å². The molecule has 106 valence electrons. The standard InChI is InChI=1S/C10H7Br2N3O4S/c11-5-1-7(10(16)17)9(8(12)2-5)15-20(18,19)6-3-13-14-4-6/h1-4,15H,(H,13,14)(H,16,17). The number of sulfonamides is 1. The summed E-state index contributed by atoms with van der Waals surface area (Å²) in [5.41, 5.74) is -0.236. The first-order valence-corrected chi connectivity index (χ1v) is 8.12. The summed E-state index contributed by atoms with van der Waals surface area (Å²) in [4.78, 5) is 11.1. The topological polar surface area (TPSA) is 112 Å². The van der Waals surface area contributed by atoms with Gasteiger partial charge in [0, 0.05) is 15.1 Å². The zero-order chi connectivity index (χ0) is 14.9. The number of halogens is 2. The van der Waals surface area contributed by atoms with Crippen LogP contribution in [0.4, 0.5) is 5.69 Å². The summed E-state index contributed by atoms with van der Waals surface area (Å²) < 4.78 is 27.2. The molecule has 1 heterocycles. The number of rotatable bonds is 4. The van der Waals surface area contributed by atoms with Gasteiger partial charge < -0.3 is 5.11 Å². The number of anilines is 1. The van der Waals surface area contributed by atoms with Gasteiger partial charge in [0.1, 0.15) is 4.90 Å². The SMILES string of the molecule is O=C(O)c1cc(Br)cc(Br)c1NS(=O)(=O)c1cn[nH]c1. The molecule has 3 N–H and O–H groups in total. The van der Waals surface area contributed by atoms with Crippen molar-refractivity contribution in [2.45, 2.75) is 4.90 Å². The number of aromatic amines is 1. The lowest BCUT2D eigenvalue weighted by Crippen LogP contribution is -2.15. The van der Waals surface area contributed by atoms with Crippen LogP contribution in [-0.4, -0.2) is 29.7 Å². The average Bonchev–Trinajstić information content (AvgIpc) is 2.86. The van der Waals surface area contributed by atoms with Gasteiger partial charge in [0.25, 0.3) is 10.0 Å². The molecule has 10 heteroatoms. The van der Waals surface area contributed by atoms with Gasteiger partial charge in [-0.3, -0.25) is 9.82 Å². The quantitative estimate of drug-likeness (QED) is 0.697. The van der Waals surface area contributed by atoms with Crippen LogP contribution in [0.1, 0.15) is 10.4 Å². The third-order valence-corrected chi connectivity index (χ3v) is 4.71. The van der Waals surface area contributed by atoms with E-state index in [1.807, 2.05) is 0 Å². The molecule has 0 amide bonds. The number of aromatic carboxylic acids is 1. The van der Waals surface area contributed by atoms with Crippen molar-refractivity contribution in [3.8, 4) is 0 Å². The van der Waals surface area contributed by atoms with Crippen molar-refractivity contribution in [1.29, 1.82) is 0 Å². The predicted molar refractivity (Wildman–Crippen MR) is 78.2 cm³/mol. The fourth-order valence-corrected chi connectivity index (χ4v) is 3.89. The molecule has 2 aromatic rings. The molecule has 0 aliphatic rings. The number of carboxylic acids is 1. The van der Waals surface area contributed by atoms with E-state index in [1.54, 1.807) is 6.07 Å². The molecule has 0 unspecified atom stereocenters. The highest BCUT2D eigenvalue weighted by atomic mass is 79.9. The minimum atomic E-state index is -3.91. The first kappa shape index (κ1) is 15.0. The molecule has 0 radical (unpaired) electrons. The van der Waals surface area contributed by atoms with E-state index in [0.29, 0.717) is 8.95 Å². The van der Waals surface area contributed by atoms with Crippen LogP contribution in [0.15, 0.2) is 38.4 Å². The number of carbonyl (C=O) groups is 1. The Morgan fingerprint density at radius 2 is 2.05 bits per heavy atom. The minimum absolute atomic E-state index is 0.0538. The summed E-state index contributed by atoms with van der Waals surface area (Å²) >= 11 is 6.29. The van der Waals surface area contributed by atoms with Gasteiger partial charge in [-0.1, -0.05) is 15.9 Å². The van der Waals surface area contributed by atoms with Crippen LogP contribution in [0, 0.1) is 0 Å². The van der Waals surface area contributed by atoms with Crippen molar-refractivity contribution in [2.24, 2.45) is 0 Å². The fourth-order valence-electron chi connectivity index (χ4n) is 1.43. The molecule has 1 aromatic heterocycles. The Labute approximate surface area is 130 Å². The number of H-pyrrole nitrogens is 1. The predicted octanol–water partition coefficient (Wildman–Crippen LogP) is 2.43. The van der Waals surface area contributed by atoms with Gasteiger partial charge in [-0.05, 0) is 28.1 Å². The lowest BCUT2D eigenvalue weighted by atomic mass is 10.2. The second kappa shape index (κ2) is 5.54. The highest BCUT2D eigenvalue weighted by Gasteiger charge is 2.22. The maximum Gasteiger partial charge on any atom is 0.337 e. The highest BCUT2D eigenvalue weighted by molar-refractivity contribution is 9.11. The lowest BCUT2D eigenvalue weighted by Gasteiger charge is -2.12. The van der Waals surface area contributed by atoms with Crippen molar-refractivity contribution in [3.63, 3.8) is 0 Å². The van der Waals surface area contributed by atoms with Crippen LogP contribution in [0.5, 0.6) is 0 Å². The molecule has 7 nitrogen and oxygen atoms in total. The van der Waals surface area contributed by atoms with Gasteiger partial charge in [0.05, 0.1) is 17.4 Å². The van der Waals surface area contributed by atoms with Crippen LogP contribution in [0.25, 0.3) is 0 Å². The van der Waals surface area contributed by atoms with Gasteiger partial charge in [-0.2, -0.15) is 5.10 Å². The Morgan fingerprint density at radius 3 is 2.60 bits per heavy atom. The van der Waals surface area contributed by atoms with Gasteiger partial charge in [0.2, 0.25) is 0 Å². The second-order valence-electron chi connectivity index (χ2n) is 3.65. The molecule has 0 saturated carbocycles. The van der Waals surface area contributed by atoms with E-state index in [2.05, 4.69) is 46.8 Å². The van der Waals surface area contributed by atoms with Gasteiger partial charge >= 0.3 is 5.97 Å². The molecular weight excluding hydrogens is 418 g/mol. The van der Waals surface area contributed by atoms with Crippen molar-refractivity contribution in [2.75, 3.05) is 4.72 Å². The van der Waals surface area contributed by atoms with Crippen LogP contribution < -0.4 is 4.72 Å². The Balaban J connectivity index is 2.52. The Bertz CT molecular complexity index is 759. The van der Waals surface area contributed by atoms with Gasteiger partial charge in [0.15, 0.2) is 0 Å². The van der Waals surface area contributed by atoms with E-state index in [1.165, 1.54) is 12.3 Å². The monoisotopic (exact) mass is 423 g/mol. The summed E-state index contributed by atoms with van der Waals surface area (Å²) in [6.07, 6.45) is 2.31. The number of benzene rings is 1. The normalized spacial score (nSPS) is 11.3. The highest BCUT2D eigenvalue weighted by Crippen LogP contribution is 2.32. The van der Waals surface area contributed by atoms with Gasteiger partial charge in [-0.15, -0.1) is 0 Å². The molecule has 0 aliphatic heterocycles. The third-order valence-electron chi connectivity index (χ3n) is 2.31. The molecule has 1 aromatic carbocycles. The Morgan fingerprint density at radius 1 is 1.35 bits per heavy atom. The summed E-state index contributed by atoms with van der Waals surface area (Å²) in [5.74, 6) is -1.25. The molecule has 0 atom stereocenters. The Hall–Kier alpha value is -1.39. The smallest absolute Gasteiger partial charge is 0.337 e. The van der Waals surface area contributed by atoms with Crippen molar-refractivity contribution in [3.05, 3.63) is 39.0 Å². The van der Waals surface area contributed by atoms with E-state index >= 15 is 0 Å². The van der Waals surface area contributed by atoms with E-state index in [0.717, 1.165) is 6.20 Å². The number of nitrogens with one attached hydrogen (secondary N) is 2. The largest absolute Gasteiger partial charge is 0.478 e. The molecule has 0 spiro atoms. The average molecular weight is 425 g/mol. The van der Waals surface area contributed by atoms with Gasteiger partial charge in [-0.25, -0.2) is 13.2 Å². The van der Waals surface area contributed by atoms with Crippen LogP contribution in [0.2, 0.25) is 0 Å². The molecule has 20 heavy (non-hydrogen) atoms. The maximum absolute atomic E-state index is 12.1. The minimum Gasteiger partial charge on any atom is -0.478 e. The fraction of sp³-hybridized carbons (Fsp3) is 0. The van der Waals surface area contributed by atoms with Crippen molar-refractivity contribution >= 4 is 53.5 Å². The first-order valence-electron chi connectivity index (χ1n) is 5.05. The summed E-state index contributed by atoms with van der Waals surface area (Å²) in [7, 11) is -3.91. The molecule has 0 aliphatic carbocycles. The van der Waals surface area contributed by atoms with E-state index in [4.69, 9.17) is 5.11 Å². The number of hydrogen-bond acceptors (Lipinski definition) is 4. The number of nitrogens with zero attached hydrogens (tertiary/aromatic N) is 1. The summed E-state index contributed by atoms with van der Waals surface area (Å²) in [6.45, 7) is 0. The zero-order valence-electron chi connectivity index (χ0n) is 9.59. The Kier molecular flexibility index (Phi) is 4.16. The molecule has 0 saturated heterocycles. The van der Waals surface area contributed by atoms with Crippen molar-refractivity contribution in [1.82, 2.24) is 10.2 Å². The number of hydrogen-bond donors (Lipinski definition) is 3. The number of aromatic nitrogens is 2. The van der Waals surface area contributed by atoms with Crippen molar-refractivity contribution < 1.29 is 18.3 Å². The molecule has 0 fully saturated rings. The second-order valence-corrected chi connectivity index (χ2v) is 7.11. The maximum atomic E-state index is 12.1. The van der Waals surface area contributed by atoms with Crippen LogP contribution >= 0.6 is 31.9 Å². The summed E-state index contributed by atoms with van der Waals surface area (Å²) in [5, 5.41) is 15.1.